The predicted octanol–water partition coefficient (Wildman–Crippen LogP) is 2.36. The molecule has 0 aliphatic rings. The highest BCUT2D eigenvalue weighted by molar-refractivity contribution is 5.89. The van der Waals surface area contributed by atoms with Gasteiger partial charge in [-0.3, -0.25) is 4.79 Å². The molecular weight excluding hydrogens is 266 g/mol. The van der Waals surface area contributed by atoms with Gasteiger partial charge in [-0.05, 0) is 35.4 Å². The molecule has 0 saturated carbocycles. The highest BCUT2D eigenvalue weighted by atomic mass is 16.3. The fourth-order valence-electron chi connectivity index (χ4n) is 2.29. The minimum Gasteiger partial charge on any atom is -0.506 e. The third-order valence-corrected chi connectivity index (χ3v) is 3.42. The van der Waals surface area contributed by atoms with Crippen molar-refractivity contribution in [2.24, 2.45) is 0 Å². The van der Waals surface area contributed by atoms with Crippen LogP contribution >= 0.6 is 0 Å². The molecule has 1 heterocycles. The first kappa shape index (κ1) is 13.2. The minimum absolute atomic E-state index is 0.00357. The summed E-state index contributed by atoms with van der Waals surface area (Å²) in [6.45, 7) is 0. The lowest BCUT2D eigenvalue weighted by Crippen LogP contribution is -2.08. The summed E-state index contributed by atoms with van der Waals surface area (Å²) in [6.07, 6.45) is 1.29. The Labute approximate surface area is 121 Å². The van der Waals surface area contributed by atoms with Crippen LogP contribution in [-0.2, 0) is 0 Å². The number of benzene rings is 2. The van der Waals surface area contributed by atoms with E-state index in [0.29, 0.717) is 10.9 Å². The highest BCUT2D eigenvalue weighted by Crippen LogP contribution is 2.30. The predicted molar refractivity (Wildman–Crippen MR) is 83.8 cm³/mol. The number of H-pyrrole nitrogens is 1. The van der Waals surface area contributed by atoms with Crippen molar-refractivity contribution < 1.29 is 5.11 Å². The maximum absolute atomic E-state index is 11.9. The van der Waals surface area contributed by atoms with Crippen LogP contribution in [0.4, 0.5) is 5.69 Å². The number of phenols is 1. The highest BCUT2D eigenvalue weighted by Gasteiger charge is 2.09. The molecule has 0 radical (unpaired) electrons. The lowest BCUT2D eigenvalue weighted by atomic mass is 10.0. The second kappa shape index (κ2) is 4.94. The van der Waals surface area contributed by atoms with E-state index in [0.717, 1.165) is 16.8 Å². The Kier molecular flexibility index (Phi) is 3.10. The third kappa shape index (κ3) is 2.33. The van der Waals surface area contributed by atoms with Crippen molar-refractivity contribution in [2.75, 3.05) is 19.0 Å². The third-order valence-electron chi connectivity index (χ3n) is 3.42. The van der Waals surface area contributed by atoms with Gasteiger partial charge in [0.05, 0.1) is 11.7 Å². The number of aromatic amines is 1. The summed E-state index contributed by atoms with van der Waals surface area (Å²) < 4.78 is 0. The van der Waals surface area contributed by atoms with Crippen LogP contribution in [-0.4, -0.2) is 29.2 Å². The molecule has 0 saturated heterocycles. The van der Waals surface area contributed by atoms with Crippen LogP contribution in [0.2, 0.25) is 0 Å². The molecule has 2 N–H and O–H groups in total. The summed E-state index contributed by atoms with van der Waals surface area (Å²) in [5, 5.41) is 10.5. The van der Waals surface area contributed by atoms with Crippen LogP contribution in [0.15, 0.2) is 47.5 Å². The van der Waals surface area contributed by atoms with Crippen LogP contribution < -0.4 is 10.5 Å². The summed E-state index contributed by atoms with van der Waals surface area (Å²) >= 11 is 0. The molecule has 0 spiro atoms. The van der Waals surface area contributed by atoms with Crippen LogP contribution in [0.3, 0.4) is 0 Å². The molecule has 0 unspecified atom stereocenters. The molecule has 0 amide bonds. The molecule has 106 valence electrons. The number of hydrogen-bond donors (Lipinski definition) is 2. The van der Waals surface area contributed by atoms with Gasteiger partial charge < -0.3 is 15.0 Å². The molecule has 5 heteroatoms. The largest absolute Gasteiger partial charge is 0.506 e. The maximum Gasteiger partial charge on any atom is 0.258 e. The maximum atomic E-state index is 11.9. The number of rotatable bonds is 2. The SMILES string of the molecule is CN(C)c1cccc(-c2cc(O)c3nc[nH]c(=O)c3c2)c1. The summed E-state index contributed by atoms with van der Waals surface area (Å²) in [7, 11) is 3.93. The average molecular weight is 281 g/mol. The van der Waals surface area contributed by atoms with Crippen LogP contribution in [0.1, 0.15) is 0 Å². The first-order valence-corrected chi connectivity index (χ1v) is 6.54. The Bertz CT molecular complexity index is 869. The quantitative estimate of drug-likeness (QED) is 0.756. The minimum atomic E-state index is -0.263. The second-order valence-corrected chi connectivity index (χ2v) is 5.07. The van der Waals surface area contributed by atoms with Gasteiger partial charge in [0.1, 0.15) is 11.3 Å². The van der Waals surface area contributed by atoms with Crippen LogP contribution in [0, 0.1) is 0 Å². The van der Waals surface area contributed by atoms with Crippen molar-refractivity contribution in [2.45, 2.75) is 0 Å². The normalized spacial score (nSPS) is 10.8. The lowest BCUT2D eigenvalue weighted by molar-refractivity contribution is 0.480. The summed E-state index contributed by atoms with van der Waals surface area (Å²) in [6, 6.07) is 11.3. The van der Waals surface area contributed by atoms with E-state index in [1.54, 1.807) is 12.1 Å². The van der Waals surface area contributed by atoms with Gasteiger partial charge in [-0.15, -0.1) is 0 Å². The Hall–Kier alpha value is -2.82. The number of aromatic hydroxyl groups is 1. The van der Waals surface area contributed by atoms with Crippen LogP contribution in [0.25, 0.3) is 22.0 Å². The number of fused-ring (bicyclic) bond motifs is 1. The van der Waals surface area contributed by atoms with Gasteiger partial charge in [0.2, 0.25) is 0 Å². The zero-order chi connectivity index (χ0) is 15.0. The Morgan fingerprint density at radius 2 is 1.95 bits per heavy atom. The van der Waals surface area contributed by atoms with Crippen molar-refractivity contribution in [3.8, 4) is 16.9 Å². The van der Waals surface area contributed by atoms with E-state index in [1.165, 1.54) is 6.33 Å². The summed E-state index contributed by atoms with van der Waals surface area (Å²) in [4.78, 5) is 20.4. The number of nitrogens with zero attached hydrogens (tertiary/aromatic N) is 2. The van der Waals surface area contributed by atoms with E-state index < -0.39 is 0 Å². The molecule has 0 atom stereocenters. The van der Waals surface area contributed by atoms with Gasteiger partial charge in [-0.2, -0.15) is 0 Å². The summed E-state index contributed by atoms with van der Waals surface area (Å²) in [5.74, 6) is 0.00357. The van der Waals surface area contributed by atoms with Crippen molar-refractivity contribution in [3.63, 3.8) is 0 Å². The van der Waals surface area contributed by atoms with E-state index in [-0.39, 0.29) is 11.3 Å². The Morgan fingerprint density at radius 3 is 2.71 bits per heavy atom. The molecule has 0 aliphatic carbocycles. The van der Waals surface area contributed by atoms with E-state index in [9.17, 15) is 9.90 Å². The molecule has 1 aromatic heterocycles. The van der Waals surface area contributed by atoms with E-state index >= 15 is 0 Å². The van der Waals surface area contributed by atoms with E-state index in [1.807, 2.05) is 43.3 Å². The standard InChI is InChI=1S/C16H15N3O2/c1-19(2)12-5-3-4-10(6-12)11-7-13-15(14(20)8-11)17-9-18-16(13)21/h3-9,20H,1-2H3,(H,17,18,21). The summed E-state index contributed by atoms with van der Waals surface area (Å²) in [5.41, 5.74) is 2.81. The van der Waals surface area contributed by atoms with Gasteiger partial charge in [-0.25, -0.2) is 4.98 Å². The first-order valence-electron chi connectivity index (χ1n) is 6.54. The van der Waals surface area contributed by atoms with Gasteiger partial charge in [0.15, 0.2) is 0 Å². The van der Waals surface area contributed by atoms with Crippen LogP contribution in [0.5, 0.6) is 5.75 Å². The zero-order valence-corrected chi connectivity index (χ0v) is 11.8. The molecular formula is C16H15N3O2. The monoisotopic (exact) mass is 281 g/mol. The molecule has 5 nitrogen and oxygen atoms in total. The van der Waals surface area contributed by atoms with Gasteiger partial charge in [-0.1, -0.05) is 12.1 Å². The number of phenolic OH excluding ortho intramolecular Hbond substituents is 1. The van der Waals surface area contributed by atoms with Gasteiger partial charge in [0, 0.05) is 19.8 Å². The van der Waals surface area contributed by atoms with E-state index in [4.69, 9.17) is 0 Å². The lowest BCUT2D eigenvalue weighted by Gasteiger charge is -2.14. The van der Waals surface area contributed by atoms with Crippen molar-refractivity contribution in [1.29, 1.82) is 0 Å². The Balaban J connectivity index is 2.24. The fraction of sp³-hybridized carbons (Fsp3) is 0.125. The molecule has 21 heavy (non-hydrogen) atoms. The zero-order valence-electron chi connectivity index (χ0n) is 11.8. The molecule has 0 fully saturated rings. The average Bonchev–Trinajstić information content (AvgIpc) is 2.48. The van der Waals surface area contributed by atoms with Crippen molar-refractivity contribution in [3.05, 3.63) is 53.1 Å². The number of aromatic nitrogens is 2. The number of nitrogens with one attached hydrogen (secondary N) is 1. The van der Waals surface area contributed by atoms with Gasteiger partial charge >= 0.3 is 0 Å². The molecule has 3 aromatic rings. The first-order chi connectivity index (χ1) is 10.1. The number of anilines is 1. The number of hydrogen-bond acceptors (Lipinski definition) is 4. The molecule has 0 bridgehead atoms. The van der Waals surface area contributed by atoms with Gasteiger partial charge in [0.25, 0.3) is 5.56 Å². The van der Waals surface area contributed by atoms with Crippen molar-refractivity contribution in [1.82, 2.24) is 9.97 Å². The van der Waals surface area contributed by atoms with E-state index in [2.05, 4.69) is 9.97 Å². The smallest absolute Gasteiger partial charge is 0.258 e. The Morgan fingerprint density at radius 1 is 1.14 bits per heavy atom. The van der Waals surface area contributed by atoms with Crippen molar-refractivity contribution >= 4 is 16.6 Å². The molecule has 2 aromatic carbocycles. The molecule has 0 aliphatic heterocycles. The topological polar surface area (TPSA) is 69.2 Å². The molecule has 3 rings (SSSR count). The second-order valence-electron chi connectivity index (χ2n) is 5.07. The fourth-order valence-corrected chi connectivity index (χ4v) is 2.29.